The molecule has 0 saturated carbocycles. The van der Waals surface area contributed by atoms with Gasteiger partial charge in [-0.15, -0.1) is 10.2 Å². The monoisotopic (exact) mass is 553 g/mol. The third kappa shape index (κ3) is 5.48. The van der Waals surface area contributed by atoms with Crippen LogP contribution in [0, 0.1) is 17.2 Å². The molecule has 4 heterocycles. The van der Waals surface area contributed by atoms with Crippen LogP contribution in [0.5, 0.6) is 11.6 Å². The van der Waals surface area contributed by atoms with Crippen LogP contribution in [-0.4, -0.2) is 87.6 Å². The SMILES string of the molecule is CC(C)N(C(=O)c1cc(F)ccc1Oc1nncnc1N1CC2(CCN(C(=O)[C@H]3NCC[C@@H]3C)CC2)C1)C(C)C. The number of amides is 2. The molecule has 1 aromatic heterocycles. The summed E-state index contributed by atoms with van der Waals surface area (Å²) in [6, 6.07) is 3.71. The van der Waals surface area contributed by atoms with Crippen LogP contribution < -0.4 is 15.0 Å². The Morgan fingerprint density at radius 2 is 1.85 bits per heavy atom. The van der Waals surface area contributed by atoms with Crippen molar-refractivity contribution in [3.8, 4) is 11.6 Å². The number of nitrogens with one attached hydrogen (secondary N) is 1. The van der Waals surface area contributed by atoms with Gasteiger partial charge in [0.05, 0.1) is 11.6 Å². The Bertz CT molecular complexity index is 1230. The van der Waals surface area contributed by atoms with Crippen LogP contribution in [0.4, 0.5) is 10.2 Å². The van der Waals surface area contributed by atoms with Gasteiger partial charge in [0, 0.05) is 43.7 Å². The first-order valence-electron chi connectivity index (χ1n) is 14.3. The quantitative estimate of drug-likeness (QED) is 0.556. The van der Waals surface area contributed by atoms with E-state index in [4.69, 9.17) is 4.74 Å². The molecular weight excluding hydrogens is 513 g/mol. The summed E-state index contributed by atoms with van der Waals surface area (Å²) in [4.78, 5) is 36.7. The number of likely N-dealkylation sites (tertiary alicyclic amines) is 1. The van der Waals surface area contributed by atoms with Crippen molar-refractivity contribution in [2.75, 3.05) is 37.6 Å². The van der Waals surface area contributed by atoms with Gasteiger partial charge in [-0.3, -0.25) is 9.59 Å². The lowest BCUT2D eigenvalue weighted by Crippen LogP contribution is -2.62. The summed E-state index contributed by atoms with van der Waals surface area (Å²) in [5, 5.41) is 11.4. The summed E-state index contributed by atoms with van der Waals surface area (Å²) in [5.74, 6) is 0.686. The topological polar surface area (TPSA) is 104 Å². The molecule has 3 fully saturated rings. The Morgan fingerprint density at radius 1 is 1.15 bits per heavy atom. The zero-order valence-corrected chi connectivity index (χ0v) is 24.1. The Morgan fingerprint density at radius 3 is 2.48 bits per heavy atom. The average molecular weight is 554 g/mol. The molecule has 1 aromatic carbocycles. The molecular formula is C29H40FN7O3. The number of piperidine rings is 1. The highest BCUT2D eigenvalue weighted by Gasteiger charge is 2.47. The zero-order valence-electron chi connectivity index (χ0n) is 24.1. The molecule has 3 aliphatic heterocycles. The van der Waals surface area contributed by atoms with Crippen molar-refractivity contribution >= 4 is 17.6 Å². The standard InChI is InChI=1S/C29H40FN7O3/c1-18(2)37(19(3)4)27(38)22-14-21(30)6-7-23(22)40-26-25(32-17-33-34-26)36-15-29(16-36)9-12-35(13-10-29)28(39)24-20(5)8-11-31-24/h6-7,14,17-20,24,31H,8-13,15-16H2,1-5H3/t20-,24-/m0/s1. The average Bonchev–Trinajstić information content (AvgIpc) is 3.33. The van der Waals surface area contributed by atoms with Gasteiger partial charge in [0.15, 0.2) is 5.82 Å². The van der Waals surface area contributed by atoms with Crippen LogP contribution in [-0.2, 0) is 4.79 Å². The maximum atomic E-state index is 14.3. The molecule has 2 amide bonds. The molecule has 5 rings (SSSR count). The van der Waals surface area contributed by atoms with E-state index in [0.717, 1.165) is 52.0 Å². The summed E-state index contributed by atoms with van der Waals surface area (Å²) >= 11 is 0. The summed E-state index contributed by atoms with van der Waals surface area (Å²) in [6.07, 6.45) is 4.28. The fourth-order valence-electron chi connectivity index (χ4n) is 6.40. The van der Waals surface area contributed by atoms with Gasteiger partial charge in [0.25, 0.3) is 11.8 Å². The normalized spacial score (nSPS) is 22.1. The summed E-state index contributed by atoms with van der Waals surface area (Å²) < 4.78 is 20.4. The molecule has 10 nitrogen and oxygen atoms in total. The molecule has 0 unspecified atom stereocenters. The maximum Gasteiger partial charge on any atom is 0.282 e. The van der Waals surface area contributed by atoms with E-state index in [2.05, 4.69) is 32.3 Å². The van der Waals surface area contributed by atoms with Gasteiger partial charge in [-0.1, -0.05) is 6.92 Å². The van der Waals surface area contributed by atoms with Crippen LogP contribution in [0.15, 0.2) is 24.5 Å². The lowest BCUT2D eigenvalue weighted by Gasteiger charge is -2.54. The number of carbonyl (C=O) groups excluding carboxylic acids is 2. The number of nitrogens with zero attached hydrogens (tertiary/aromatic N) is 6. The summed E-state index contributed by atoms with van der Waals surface area (Å²) in [5.41, 5.74) is 0.238. The maximum absolute atomic E-state index is 14.3. The third-order valence-corrected chi connectivity index (χ3v) is 8.58. The Kier molecular flexibility index (Phi) is 7.94. The summed E-state index contributed by atoms with van der Waals surface area (Å²) in [6.45, 7) is 13.8. The Balaban J connectivity index is 1.28. The first-order chi connectivity index (χ1) is 19.1. The molecule has 2 atom stereocenters. The molecule has 216 valence electrons. The molecule has 0 aliphatic carbocycles. The Hall–Kier alpha value is -3.34. The minimum absolute atomic E-state index is 0.0601. The van der Waals surface area contributed by atoms with E-state index in [0.29, 0.717) is 11.7 Å². The van der Waals surface area contributed by atoms with Crippen molar-refractivity contribution in [1.82, 2.24) is 30.3 Å². The van der Waals surface area contributed by atoms with E-state index in [1.165, 1.54) is 24.5 Å². The van der Waals surface area contributed by atoms with Crippen LogP contribution in [0.2, 0.25) is 0 Å². The molecule has 0 bridgehead atoms. The van der Waals surface area contributed by atoms with Crippen molar-refractivity contribution in [2.24, 2.45) is 11.3 Å². The minimum atomic E-state index is -0.520. The number of hydrogen-bond acceptors (Lipinski definition) is 8. The lowest BCUT2D eigenvalue weighted by molar-refractivity contribution is -0.136. The minimum Gasteiger partial charge on any atom is -0.434 e. The second-order valence-corrected chi connectivity index (χ2v) is 12.1. The predicted octanol–water partition coefficient (Wildman–Crippen LogP) is 3.49. The van der Waals surface area contributed by atoms with E-state index < -0.39 is 5.82 Å². The largest absolute Gasteiger partial charge is 0.434 e. The number of hydrogen-bond donors (Lipinski definition) is 1. The van der Waals surface area contributed by atoms with Gasteiger partial charge in [0.1, 0.15) is 17.9 Å². The van der Waals surface area contributed by atoms with E-state index in [1.54, 1.807) is 4.90 Å². The predicted molar refractivity (Wildman–Crippen MR) is 149 cm³/mol. The number of benzene rings is 1. The molecule has 40 heavy (non-hydrogen) atoms. The van der Waals surface area contributed by atoms with Crippen LogP contribution in [0.1, 0.15) is 64.2 Å². The van der Waals surface area contributed by atoms with Crippen molar-refractivity contribution in [2.45, 2.75) is 72.0 Å². The van der Waals surface area contributed by atoms with Gasteiger partial charge in [-0.25, -0.2) is 9.37 Å². The van der Waals surface area contributed by atoms with Gasteiger partial charge in [0.2, 0.25) is 5.91 Å². The number of ether oxygens (including phenoxy) is 1. The highest BCUT2D eigenvalue weighted by atomic mass is 19.1. The van der Waals surface area contributed by atoms with Crippen molar-refractivity contribution in [1.29, 1.82) is 0 Å². The molecule has 1 spiro atoms. The fourth-order valence-corrected chi connectivity index (χ4v) is 6.40. The number of aromatic nitrogens is 3. The molecule has 2 aromatic rings. The van der Waals surface area contributed by atoms with Crippen molar-refractivity contribution in [3.05, 3.63) is 35.9 Å². The van der Waals surface area contributed by atoms with Crippen LogP contribution >= 0.6 is 0 Å². The fraction of sp³-hybridized carbons (Fsp3) is 0.621. The third-order valence-electron chi connectivity index (χ3n) is 8.58. The van der Waals surface area contributed by atoms with Crippen molar-refractivity contribution in [3.63, 3.8) is 0 Å². The zero-order chi connectivity index (χ0) is 28.6. The van der Waals surface area contributed by atoms with E-state index in [9.17, 15) is 14.0 Å². The first-order valence-corrected chi connectivity index (χ1v) is 14.3. The molecule has 1 N–H and O–H groups in total. The second kappa shape index (κ2) is 11.3. The number of halogens is 1. The number of carbonyl (C=O) groups is 2. The first kappa shape index (κ1) is 28.2. The second-order valence-electron chi connectivity index (χ2n) is 12.1. The van der Waals surface area contributed by atoms with E-state index in [1.807, 2.05) is 32.6 Å². The number of anilines is 1. The van der Waals surface area contributed by atoms with Gasteiger partial charge in [-0.2, -0.15) is 0 Å². The van der Waals surface area contributed by atoms with Gasteiger partial charge < -0.3 is 24.8 Å². The van der Waals surface area contributed by atoms with E-state index in [-0.39, 0.29) is 52.5 Å². The molecule has 3 aliphatic rings. The van der Waals surface area contributed by atoms with Gasteiger partial charge >= 0.3 is 0 Å². The smallest absolute Gasteiger partial charge is 0.282 e. The molecule has 11 heteroatoms. The highest BCUT2D eigenvalue weighted by Crippen LogP contribution is 2.44. The van der Waals surface area contributed by atoms with Crippen LogP contribution in [0.25, 0.3) is 0 Å². The highest BCUT2D eigenvalue weighted by molar-refractivity contribution is 5.97. The Labute approximate surface area is 235 Å². The molecule has 0 radical (unpaired) electrons. The van der Waals surface area contributed by atoms with E-state index >= 15 is 0 Å². The number of rotatable bonds is 7. The van der Waals surface area contributed by atoms with Crippen molar-refractivity contribution < 1.29 is 18.7 Å². The molecule has 3 saturated heterocycles. The lowest BCUT2D eigenvalue weighted by atomic mass is 9.72. The van der Waals surface area contributed by atoms with Crippen LogP contribution in [0.3, 0.4) is 0 Å². The summed E-state index contributed by atoms with van der Waals surface area (Å²) in [7, 11) is 0. The van der Waals surface area contributed by atoms with Gasteiger partial charge in [-0.05, 0) is 77.6 Å².